The van der Waals surface area contributed by atoms with Crippen molar-refractivity contribution in [1.82, 2.24) is 5.32 Å². The molecule has 1 aromatic carbocycles. The second kappa shape index (κ2) is 7.34. The second-order valence-electron chi connectivity index (χ2n) is 4.83. The lowest BCUT2D eigenvalue weighted by Crippen LogP contribution is -2.48. The number of alkyl halides is 3. The van der Waals surface area contributed by atoms with Crippen molar-refractivity contribution in [2.45, 2.75) is 25.2 Å². The number of benzene rings is 1. The number of aliphatic hydroxyl groups is 1. The summed E-state index contributed by atoms with van der Waals surface area (Å²) in [6.07, 6.45) is -6.55. The predicted octanol–water partition coefficient (Wildman–Crippen LogP) is 0.971. The number of carbonyl (C=O) groups is 2. The van der Waals surface area contributed by atoms with Crippen molar-refractivity contribution >= 4 is 17.6 Å². The Kier molecular flexibility index (Phi) is 5.92. The van der Waals surface area contributed by atoms with Crippen LogP contribution in [0.1, 0.15) is 22.8 Å². The molecule has 0 heterocycles. The molecule has 0 aromatic heterocycles. The standard InChI is InChI=1S/C13H13F3N2O7/c1-5(19)8(12(22)25-2)17-11(21)6-3-4-7(13(14,15)16)10(20)9(6)18(23)24/h3-5,8,19-20H,1-2H3,(H,17,21)/t5-,8+/m1/s1. The van der Waals surface area contributed by atoms with E-state index in [1.807, 2.05) is 5.32 Å². The maximum absolute atomic E-state index is 12.7. The molecule has 25 heavy (non-hydrogen) atoms. The first-order valence-electron chi connectivity index (χ1n) is 6.56. The fourth-order valence-corrected chi connectivity index (χ4v) is 1.90. The van der Waals surface area contributed by atoms with Crippen LogP contribution in [0, 0.1) is 10.1 Å². The minimum absolute atomic E-state index is 0.284. The molecular formula is C13H13F3N2O7. The summed E-state index contributed by atoms with van der Waals surface area (Å²) >= 11 is 0. The normalized spacial score (nSPS) is 13.7. The molecule has 0 bridgehead atoms. The van der Waals surface area contributed by atoms with E-state index in [-0.39, 0.29) is 6.07 Å². The average Bonchev–Trinajstić information content (AvgIpc) is 2.49. The van der Waals surface area contributed by atoms with E-state index in [9.17, 15) is 43.1 Å². The number of halogens is 3. The predicted molar refractivity (Wildman–Crippen MR) is 74.7 cm³/mol. The van der Waals surface area contributed by atoms with Gasteiger partial charge in [0.15, 0.2) is 6.04 Å². The van der Waals surface area contributed by atoms with Crippen LogP contribution in [0.2, 0.25) is 0 Å². The maximum Gasteiger partial charge on any atom is 0.420 e. The molecule has 0 fully saturated rings. The van der Waals surface area contributed by atoms with E-state index in [1.165, 1.54) is 0 Å². The Hall–Kier alpha value is -2.89. The smallest absolute Gasteiger partial charge is 0.420 e. The topological polar surface area (TPSA) is 139 Å². The summed E-state index contributed by atoms with van der Waals surface area (Å²) in [6, 6.07) is -0.861. The molecular weight excluding hydrogens is 353 g/mol. The minimum atomic E-state index is -5.09. The van der Waals surface area contributed by atoms with Crippen LogP contribution in [0.3, 0.4) is 0 Å². The van der Waals surface area contributed by atoms with Gasteiger partial charge in [0, 0.05) is 0 Å². The number of nitro groups is 1. The number of nitro benzene ring substituents is 1. The molecule has 0 saturated heterocycles. The van der Waals surface area contributed by atoms with Gasteiger partial charge < -0.3 is 20.3 Å². The van der Waals surface area contributed by atoms with Gasteiger partial charge in [0.05, 0.1) is 18.1 Å². The monoisotopic (exact) mass is 366 g/mol. The molecule has 0 radical (unpaired) electrons. The van der Waals surface area contributed by atoms with Crippen LogP contribution in [0.4, 0.5) is 18.9 Å². The van der Waals surface area contributed by atoms with Crippen LogP contribution in [0.5, 0.6) is 5.75 Å². The molecule has 3 N–H and O–H groups in total. The van der Waals surface area contributed by atoms with Crippen molar-refractivity contribution in [3.05, 3.63) is 33.4 Å². The number of rotatable bonds is 5. The molecule has 0 unspecified atom stereocenters. The van der Waals surface area contributed by atoms with E-state index in [0.29, 0.717) is 6.07 Å². The minimum Gasteiger partial charge on any atom is -0.502 e. The summed E-state index contributed by atoms with van der Waals surface area (Å²) in [4.78, 5) is 33.2. The lowest BCUT2D eigenvalue weighted by molar-refractivity contribution is -0.386. The first kappa shape index (κ1) is 20.2. The number of hydrogen-bond donors (Lipinski definition) is 3. The quantitative estimate of drug-likeness (QED) is 0.401. The molecule has 0 spiro atoms. The molecule has 12 heteroatoms. The lowest BCUT2D eigenvalue weighted by atomic mass is 10.1. The van der Waals surface area contributed by atoms with Crippen molar-refractivity contribution in [2.24, 2.45) is 0 Å². The van der Waals surface area contributed by atoms with Crippen LogP contribution < -0.4 is 5.32 Å². The number of aliphatic hydroxyl groups excluding tert-OH is 1. The number of nitrogens with one attached hydrogen (secondary N) is 1. The van der Waals surface area contributed by atoms with Crippen molar-refractivity contribution < 1.29 is 42.6 Å². The zero-order valence-corrected chi connectivity index (χ0v) is 12.8. The molecule has 9 nitrogen and oxygen atoms in total. The van der Waals surface area contributed by atoms with E-state index in [4.69, 9.17) is 0 Å². The molecule has 0 aliphatic carbocycles. The number of methoxy groups -OCH3 is 1. The van der Waals surface area contributed by atoms with Crippen LogP contribution in [0.25, 0.3) is 0 Å². The first-order chi connectivity index (χ1) is 11.4. The van der Waals surface area contributed by atoms with Gasteiger partial charge >= 0.3 is 17.8 Å². The van der Waals surface area contributed by atoms with Crippen LogP contribution in [0.15, 0.2) is 12.1 Å². The number of nitrogens with zero attached hydrogens (tertiary/aromatic N) is 1. The largest absolute Gasteiger partial charge is 0.502 e. The Morgan fingerprint density at radius 3 is 2.32 bits per heavy atom. The number of phenols is 1. The zero-order valence-electron chi connectivity index (χ0n) is 12.8. The van der Waals surface area contributed by atoms with Gasteiger partial charge in [-0.05, 0) is 19.1 Å². The van der Waals surface area contributed by atoms with Gasteiger partial charge in [-0.3, -0.25) is 14.9 Å². The summed E-state index contributed by atoms with van der Waals surface area (Å²) < 4.78 is 42.5. The van der Waals surface area contributed by atoms with E-state index >= 15 is 0 Å². The third-order valence-electron chi connectivity index (χ3n) is 3.11. The molecule has 2 atom stereocenters. The summed E-state index contributed by atoms with van der Waals surface area (Å²) in [6.45, 7) is 1.11. The molecule has 1 amide bonds. The fraction of sp³-hybridized carbons (Fsp3) is 0.385. The van der Waals surface area contributed by atoms with Gasteiger partial charge in [-0.2, -0.15) is 13.2 Å². The Balaban J connectivity index is 3.37. The molecule has 0 saturated carbocycles. The number of phenolic OH excluding ortho intramolecular Hbond substituents is 1. The lowest BCUT2D eigenvalue weighted by Gasteiger charge is -2.19. The van der Waals surface area contributed by atoms with Crippen molar-refractivity contribution in [2.75, 3.05) is 7.11 Å². The molecule has 1 rings (SSSR count). The number of amides is 1. The molecule has 0 aliphatic heterocycles. The van der Waals surface area contributed by atoms with E-state index in [0.717, 1.165) is 14.0 Å². The Labute approximate surface area is 138 Å². The van der Waals surface area contributed by atoms with E-state index in [2.05, 4.69) is 4.74 Å². The molecule has 0 aliphatic rings. The van der Waals surface area contributed by atoms with Gasteiger partial charge in [-0.15, -0.1) is 0 Å². The first-order valence-corrected chi connectivity index (χ1v) is 6.56. The van der Waals surface area contributed by atoms with Crippen molar-refractivity contribution in [3.8, 4) is 5.75 Å². The van der Waals surface area contributed by atoms with Crippen LogP contribution in [-0.2, 0) is 15.7 Å². The van der Waals surface area contributed by atoms with Crippen LogP contribution in [-0.4, -0.2) is 46.3 Å². The van der Waals surface area contributed by atoms with Crippen LogP contribution >= 0.6 is 0 Å². The Bertz CT molecular complexity index is 704. The fourth-order valence-electron chi connectivity index (χ4n) is 1.90. The maximum atomic E-state index is 12.7. The van der Waals surface area contributed by atoms with Gasteiger partial charge in [-0.25, -0.2) is 4.79 Å². The summed E-state index contributed by atoms with van der Waals surface area (Å²) in [5, 5.41) is 31.9. The summed E-state index contributed by atoms with van der Waals surface area (Å²) in [5.41, 5.74) is -4.11. The van der Waals surface area contributed by atoms with Gasteiger partial charge in [0.2, 0.25) is 5.75 Å². The third kappa shape index (κ3) is 4.35. The third-order valence-corrected chi connectivity index (χ3v) is 3.11. The molecule has 1 aromatic rings. The van der Waals surface area contributed by atoms with Gasteiger partial charge in [0.1, 0.15) is 11.1 Å². The molecule has 138 valence electrons. The highest BCUT2D eigenvalue weighted by atomic mass is 19.4. The van der Waals surface area contributed by atoms with E-state index < -0.39 is 57.7 Å². The van der Waals surface area contributed by atoms with Crippen molar-refractivity contribution in [3.63, 3.8) is 0 Å². The highest BCUT2D eigenvalue weighted by molar-refractivity contribution is 6.01. The van der Waals surface area contributed by atoms with Gasteiger partial charge in [0.25, 0.3) is 5.91 Å². The second-order valence-corrected chi connectivity index (χ2v) is 4.83. The average molecular weight is 366 g/mol. The van der Waals surface area contributed by atoms with Gasteiger partial charge in [-0.1, -0.05) is 0 Å². The Morgan fingerprint density at radius 1 is 1.36 bits per heavy atom. The van der Waals surface area contributed by atoms with Crippen molar-refractivity contribution in [1.29, 1.82) is 0 Å². The highest BCUT2D eigenvalue weighted by Crippen LogP contribution is 2.42. The zero-order chi connectivity index (χ0) is 19.5. The number of aromatic hydroxyl groups is 1. The number of esters is 1. The SMILES string of the molecule is COC(=O)[C@@H](NC(=O)c1ccc(C(F)(F)F)c(O)c1[N+](=O)[O-])[C@@H](C)O. The summed E-state index contributed by atoms with van der Waals surface area (Å²) in [7, 11) is 0.955. The number of carbonyl (C=O) groups excluding carboxylic acids is 2. The summed E-state index contributed by atoms with van der Waals surface area (Å²) in [5.74, 6) is -4.18. The highest BCUT2D eigenvalue weighted by Gasteiger charge is 2.40. The number of ether oxygens (including phenoxy) is 1. The number of hydrogen-bond acceptors (Lipinski definition) is 7. The Morgan fingerprint density at radius 2 is 1.92 bits per heavy atom. The van der Waals surface area contributed by atoms with E-state index in [1.54, 1.807) is 0 Å².